The van der Waals surface area contributed by atoms with Crippen LogP contribution in [0.1, 0.15) is 32.6 Å². The molecule has 5 nitrogen and oxygen atoms in total. The Kier molecular flexibility index (Phi) is 2.88. The number of carbonyl (C=O) groups excluding carboxylic acids is 1. The van der Waals surface area contributed by atoms with Gasteiger partial charge in [-0.2, -0.15) is 13.2 Å². The molecule has 0 aliphatic heterocycles. The van der Waals surface area contributed by atoms with Gasteiger partial charge in [0.1, 0.15) is 6.61 Å². The maximum atomic E-state index is 12.4. The van der Waals surface area contributed by atoms with Gasteiger partial charge in [-0.05, 0) is 55.8 Å². The molecule has 0 aromatic rings. The highest BCUT2D eigenvalue weighted by Gasteiger charge is 2.90. The summed E-state index contributed by atoms with van der Waals surface area (Å²) >= 11 is 0. The summed E-state index contributed by atoms with van der Waals surface area (Å²) in [5.41, 5.74) is -5.65. The number of hydrogen-bond donors (Lipinski definition) is 1. The Hall–Kier alpha value is -0.830. The summed E-state index contributed by atoms with van der Waals surface area (Å²) < 4.78 is 65.6. The molecule has 0 aromatic carbocycles. The predicted octanol–water partition coefficient (Wildman–Crippen LogP) is 1.79. The van der Waals surface area contributed by atoms with E-state index in [0.717, 1.165) is 12.8 Å². The number of alkyl halides is 3. The quantitative estimate of drug-likeness (QED) is 0.765. The maximum Gasteiger partial charge on any atom is 0.511 e. The standard InChI is InChI=1S/C14H18F3NO4S/c1-7(18-23(20,21)14(15,16)17)6-22-11(19)12-4-9-2-8-3-10(5-12)13(8,9)12/h7-10,18H,2-6H2,1H3. The molecule has 4 fully saturated rings. The van der Waals surface area contributed by atoms with Gasteiger partial charge in [-0.15, -0.1) is 0 Å². The second-order valence-electron chi connectivity index (χ2n) is 7.55. The van der Waals surface area contributed by atoms with Crippen molar-refractivity contribution in [1.82, 2.24) is 4.72 Å². The van der Waals surface area contributed by atoms with Crippen LogP contribution in [0.25, 0.3) is 0 Å². The van der Waals surface area contributed by atoms with Gasteiger partial charge in [0.05, 0.1) is 11.5 Å². The average molecular weight is 353 g/mol. The first-order valence-electron chi connectivity index (χ1n) is 7.80. The van der Waals surface area contributed by atoms with Crippen molar-refractivity contribution in [1.29, 1.82) is 0 Å². The first kappa shape index (κ1) is 15.7. The molecule has 9 heteroatoms. The Morgan fingerprint density at radius 1 is 1.26 bits per heavy atom. The average Bonchev–Trinajstić information content (AvgIpc) is 2.30. The van der Waals surface area contributed by atoms with Crippen LogP contribution in [0.15, 0.2) is 0 Å². The molecule has 0 bridgehead atoms. The van der Waals surface area contributed by atoms with Crippen molar-refractivity contribution < 1.29 is 31.1 Å². The Labute approximate surface area is 132 Å². The van der Waals surface area contributed by atoms with Crippen LogP contribution in [0.3, 0.4) is 0 Å². The van der Waals surface area contributed by atoms with Crippen molar-refractivity contribution in [2.45, 2.75) is 44.2 Å². The number of rotatable bonds is 5. The molecule has 0 aromatic heterocycles. The molecule has 1 N–H and O–H groups in total. The third-order valence-electron chi connectivity index (χ3n) is 6.70. The Morgan fingerprint density at radius 2 is 1.83 bits per heavy atom. The molecule has 0 amide bonds. The van der Waals surface area contributed by atoms with Crippen molar-refractivity contribution in [2.75, 3.05) is 6.61 Å². The molecule has 4 saturated carbocycles. The number of halogens is 3. The Bertz CT molecular complexity index is 648. The van der Waals surface area contributed by atoms with Gasteiger partial charge in [0, 0.05) is 0 Å². The molecular weight excluding hydrogens is 335 g/mol. The largest absolute Gasteiger partial charge is 0.511 e. The monoisotopic (exact) mass is 353 g/mol. The summed E-state index contributed by atoms with van der Waals surface area (Å²) in [5, 5.41) is 0. The first-order chi connectivity index (χ1) is 10.5. The smallest absolute Gasteiger partial charge is 0.464 e. The van der Waals surface area contributed by atoms with Gasteiger partial charge in [0.2, 0.25) is 0 Å². The van der Waals surface area contributed by atoms with Crippen LogP contribution in [-0.2, 0) is 19.6 Å². The Morgan fingerprint density at radius 3 is 2.26 bits per heavy atom. The van der Waals surface area contributed by atoms with E-state index in [2.05, 4.69) is 0 Å². The van der Waals surface area contributed by atoms with Gasteiger partial charge >= 0.3 is 21.5 Å². The van der Waals surface area contributed by atoms with Crippen molar-refractivity contribution in [3.63, 3.8) is 0 Å². The number of esters is 1. The van der Waals surface area contributed by atoms with Crippen LogP contribution in [0.4, 0.5) is 13.2 Å². The van der Waals surface area contributed by atoms with Crippen LogP contribution < -0.4 is 4.72 Å². The number of carbonyl (C=O) groups is 1. The van der Waals surface area contributed by atoms with Crippen molar-refractivity contribution in [3.05, 3.63) is 0 Å². The fraction of sp³-hybridized carbons (Fsp3) is 0.929. The topological polar surface area (TPSA) is 72.5 Å². The number of sulfonamides is 1. The van der Waals surface area contributed by atoms with E-state index in [1.54, 1.807) is 0 Å². The Balaban J connectivity index is 1.33. The lowest BCUT2D eigenvalue weighted by atomic mass is 9.13. The molecule has 0 heterocycles. The van der Waals surface area contributed by atoms with E-state index < -0.39 is 27.0 Å². The molecule has 130 valence electrons. The predicted molar refractivity (Wildman–Crippen MR) is 72.3 cm³/mol. The molecule has 3 unspecified atom stereocenters. The normalized spacial score (nSPS) is 44.4. The van der Waals surface area contributed by atoms with Crippen LogP contribution in [0.5, 0.6) is 0 Å². The first-order valence-corrected chi connectivity index (χ1v) is 9.29. The SMILES string of the molecule is CC(COC(=O)C12CC3CC4CC(C1)C432)NS(=O)(=O)C(F)(F)F. The third kappa shape index (κ3) is 1.63. The highest BCUT2D eigenvalue weighted by molar-refractivity contribution is 7.90. The van der Waals surface area contributed by atoms with E-state index in [-0.39, 0.29) is 18.0 Å². The molecular formula is C14H18F3NO4S. The molecule has 3 atom stereocenters. The van der Waals surface area contributed by atoms with Crippen LogP contribution in [0.2, 0.25) is 0 Å². The fourth-order valence-electron chi connectivity index (χ4n) is 5.98. The van der Waals surface area contributed by atoms with Gasteiger partial charge in [-0.1, -0.05) is 0 Å². The minimum absolute atomic E-state index is 0.138. The second-order valence-corrected chi connectivity index (χ2v) is 9.26. The molecule has 0 saturated heterocycles. The zero-order valence-corrected chi connectivity index (χ0v) is 13.3. The molecule has 23 heavy (non-hydrogen) atoms. The van der Waals surface area contributed by atoms with Crippen molar-refractivity contribution in [2.24, 2.45) is 28.6 Å². The van der Waals surface area contributed by atoms with Gasteiger partial charge in [-0.3, -0.25) is 4.79 Å². The lowest BCUT2D eigenvalue weighted by Gasteiger charge is -2.89. The minimum atomic E-state index is -5.42. The second kappa shape index (κ2) is 4.22. The van der Waals surface area contributed by atoms with E-state index in [4.69, 9.17) is 4.74 Å². The highest BCUT2D eigenvalue weighted by Crippen LogP contribution is 2.93. The number of nitrogens with one attached hydrogen (secondary N) is 1. The van der Waals surface area contributed by atoms with E-state index in [1.165, 1.54) is 24.5 Å². The summed E-state index contributed by atoms with van der Waals surface area (Å²) in [6.07, 6.45) is 4.02. The van der Waals surface area contributed by atoms with E-state index >= 15 is 0 Å². The highest BCUT2D eigenvalue weighted by atomic mass is 32.2. The van der Waals surface area contributed by atoms with E-state index in [1.807, 2.05) is 0 Å². The zero-order valence-electron chi connectivity index (χ0n) is 12.5. The number of ether oxygens (including phenoxy) is 1. The summed E-state index contributed by atoms with van der Waals surface area (Å²) in [6.45, 7) is 0.862. The fourth-order valence-corrected chi connectivity index (χ4v) is 6.71. The molecule has 1 spiro atoms. The third-order valence-corrected chi connectivity index (χ3v) is 8.02. The summed E-state index contributed by atoms with van der Waals surface area (Å²) in [7, 11) is -5.42. The van der Waals surface area contributed by atoms with Crippen molar-refractivity contribution >= 4 is 16.0 Å². The van der Waals surface area contributed by atoms with Crippen molar-refractivity contribution in [3.8, 4) is 0 Å². The zero-order chi connectivity index (χ0) is 16.8. The van der Waals surface area contributed by atoms with Gasteiger partial charge in [-0.25, -0.2) is 13.1 Å². The maximum absolute atomic E-state index is 12.4. The molecule has 0 radical (unpaired) electrons. The summed E-state index contributed by atoms with van der Waals surface area (Å²) in [4.78, 5) is 12.4. The van der Waals surface area contributed by atoms with Crippen LogP contribution >= 0.6 is 0 Å². The van der Waals surface area contributed by atoms with Crippen LogP contribution in [-0.4, -0.2) is 32.5 Å². The summed E-state index contributed by atoms with van der Waals surface area (Å²) in [6, 6.07) is -1.12. The summed E-state index contributed by atoms with van der Waals surface area (Å²) in [5.74, 6) is 1.50. The number of hydrogen-bond acceptors (Lipinski definition) is 4. The van der Waals surface area contributed by atoms with E-state index in [9.17, 15) is 26.4 Å². The lowest BCUT2D eigenvalue weighted by molar-refractivity contribution is -0.418. The van der Waals surface area contributed by atoms with Gasteiger partial charge in [0.25, 0.3) is 0 Å². The minimum Gasteiger partial charge on any atom is -0.464 e. The van der Waals surface area contributed by atoms with Gasteiger partial charge < -0.3 is 4.74 Å². The lowest BCUT2D eigenvalue weighted by Crippen LogP contribution is -2.87. The van der Waals surface area contributed by atoms with E-state index in [0.29, 0.717) is 17.8 Å². The molecule has 4 aliphatic carbocycles. The molecule has 4 aliphatic rings. The molecule has 4 rings (SSSR count). The van der Waals surface area contributed by atoms with Gasteiger partial charge in [0.15, 0.2) is 0 Å². The van der Waals surface area contributed by atoms with Crippen LogP contribution in [0, 0.1) is 28.6 Å².